The van der Waals surface area contributed by atoms with Gasteiger partial charge in [-0.1, -0.05) is 18.2 Å². The van der Waals surface area contributed by atoms with Crippen molar-refractivity contribution in [3.63, 3.8) is 0 Å². The molecule has 0 aliphatic carbocycles. The van der Waals surface area contributed by atoms with Crippen LogP contribution >= 0.6 is 0 Å². The molecule has 3 aromatic rings. The molecule has 2 aliphatic rings. The average molecular weight is 419 g/mol. The molecule has 158 valence electrons. The Kier molecular flexibility index (Phi) is 5.30. The third-order valence-corrected chi connectivity index (χ3v) is 5.69. The van der Waals surface area contributed by atoms with Crippen molar-refractivity contribution in [3.8, 4) is 0 Å². The molecule has 7 nitrogen and oxygen atoms in total. The number of rotatable bonds is 7. The largest absolute Gasteiger partial charge is 0.435 e. The van der Waals surface area contributed by atoms with Gasteiger partial charge in [-0.2, -0.15) is 0 Å². The zero-order valence-corrected chi connectivity index (χ0v) is 16.9. The molecule has 1 fully saturated rings. The fraction of sp³-hybridized carbons (Fsp3) is 0.304. The fourth-order valence-corrected chi connectivity index (χ4v) is 3.92. The van der Waals surface area contributed by atoms with E-state index in [1.54, 1.807) is 0 Å². The van der Waals surface area contributed by atoms with Crippen molar-refractivity contribution in [1.29, 1.82) is 0 Å². The van der Waals surface area contributed by atoms with E-state index in [4.69, 9.17) is 9.41 Å². The summed E-state index contributed by atoms with van der Waals surface area (Å²) in [5.41, 5.74) is 3.80. The van der Waals surface area contributed by atoms with E-state index in [0.717, 1.165) is 38.2 Å². The van der Waals surface area contributed by atoms with E-state index in [2.05, 4.69) is 38.4 Å². The summed E-state index contributed by atoms with van der Waals surface area (Å²) in [6.07, 6.45) is 4.79. The lowest BCUT2D eigenvalue weighted by molar-refractivity contribution is 0.0910. The number of oxazole rings is 1. The van der Waals surface area contributed by atoms with Crippen molar-refractivity contribution in [2.75, 3.05) is 19.6 Å². The Hall–Kier alpha value is -3.39. The van der Waals surface area contributed by atoms with Crippen molar-refractivity contribution in [3.05, 3.63) is 77.5 Å². The molecule has 2 aliphatic heterocycles. The number of carbonyl (C=O) groups is 1. The van der Waals surface area contributed by atoms with Gasteiger partial charge in [0.25, 0.3) is 5.91 Å². The van der Waals surface area contributed by atoms with E-state index < -0.39 is 11.7 Å². The minimum atomic E-state index is -0.455. The van der Waals surface area contributed by atoms with Crippen LogP contribution in [0.2, 0.25) is 0 Å². The second-order valence-electron chi connectivity index (χ2n) is 7.87. The van der Waals surface area contributed by atoms with Crippen LogP contribution in [0, 0.1) is 5.82 Å². The van der Waals surface area contributed by atoms with Crippen LogP contribution in [0.15, 0.2) is 58.2 Å². The van der Waals surface area contributed by atoms with E-state index >= 15 is 0 Å². The van der Waals surface area contributed by atoms with Gasteiger partial charge in [-0.3, -0.25) is 14.8 Å². The van der Waals surface area contributed by atoms with E-state index in [1.165, 1.54) is 35.8 Å². The molecule has 5 rings (SSSR count). The van der Waals surface area contributed by atoms with Crippen molar-refractivity contribution in [2.24, 2.45) is 4.99 Å². The van der Waals surface area contributed by atoms with Gasteiger partial charge < -0.3 is 14.6 Å². The maximum Gasteiger partial charge on any atom is 0.289 e. The molecule has 0 bridgehead atoms. The summed E-state index contributed by atoms with van der Waals surface area (Å²) >= 11 is 0. The number of fused-ring (bicyclic) bond motifs is 1. The van der Waals surface area contributed by atoms with E-state index in [-0.39, 0.29) is 23.9 Å². The van der Waals surface area contributed by atoms with Gasteiger partial charge in [0, 0.05) is 38.0 Å². The molecule has 0 saturated carbocycles. The second-order valence-corrected chi connectivity index (χ2v) is 7.87. The van der Waals surface area contributed by atoms with E-state index in [0.29, 0.717) is 5.89 Å². The minimum absolute atomic E-state index is 0.00744. The van der Waals surface area contributed by atoms with Crippen LogP contribution in [0.1, 0.15) is 40.0 Å². The van der Waals surface area contributed by atoms with E-state index in [9.17, 15) is 9.18 Å². The molecule has 1 aromatic carbocycles. The van der Waals surface area contributed by atoms with Crippen molar-refractivity contribution in [1.82, 2.24) is 20.2 Å². The number of benzene rings is 1. The van der Waals surface area contributed by atoms with Crippen LogP contribution in [-0.4, -0.2) is 46.1 Å². The number of carbonyl (C=O) groups excluding carboxylic acids is 1. The maximum atomic E-state index is 13.6. The molecular weight excluding hydrogens is 397 g/mol. The Morgan fingerprint density at radius 1 is 1.19 bits per heavy atom. The summed E-state index contributed by atoms with van der Waals surface area (Å²) in [4.78, 5) is 27.5. The third kappa shape index (κ3) is 4.25. The zero-order chi connectivity index (χ0) is 21.2. The number of amides is 1. The van der Waals surface area contributed by atoms with Gasteiger partial charge >= 0.3 is 0 Å². The molecule has 0 unspecified atom stereocenters. The normalized spacial score (nSPS) is 16.0. The monoisotopic (exact) mass is 419 g/mol. The molecular formula is C23H22FN5O2. The summed E-state index contributed by atoms with van der Waals surface area (Å²) in [6.45, 7) is 2.64. The van der Waals surface area contributed by atoms with Crippen molar-refractivity contribution >= 4 is 17.3 Å². The highest BCUT2D eigenvalue weighted by atomic mass is 19.1. The van der Waals surface area contributed by atoms with Gasteiger partial charge in [-0.25, -0.2) is 9.37 Å². The smallest absolute Gasteiger partial charge is 0.289 e. The number of hydrogen-bond acceptors (Lipinski definition) is 6. The first kappa shape index (κ1) is 19.6. The highest BCUT2D eigenvalue weighted by Gasteiger charge is 2.32. The topological polar surface area (TPSA) is 83.6 Å². The maximum absolute atomic E-state index is 13.6. The predicted molar refractivity (Wildman–Crippen MR) is 113 cm³/mol. The first-order valence-electron chi connectivity index (χ1n) is 10.4. The first-order chi connectivity index (χ1) is 15.2. The number of pyridine rings is 1. The number of para-hydroxylation sites is 1. The number of aliphatic imine (C=N–C) groups is 1. The van der Waals surface area contributed by atoms with Crippen LogP contribution in [-0.2, 0) is 13.0 Å². The lowest BCUT2D eigenvalue weighted by Crippen LogP contribution is -2.45. The number of hydrogen-bond donors (Lipinski definition) is 1. The molecule has 1 saturated heterocycles. The Morgan fingerprint density at radius 2 is 2.06 bits per heavy atom. The predicted octanol–water partition coefficient (Wildman–Crippen LogP) is 3.26. The molecule has 1 N–H and O–H groups in total. The van der Waals surface area contributed by atoms with E-state index in [1.807, 2.05) is 6.07 Å². The molecule has 0 radical (unpaired) electrons. The number of aromatic nitrogens is 2. The van der Waals surface area contributed by atoms with Gasteiger partial charge in [0.15, 0.2) is 0 Å². The number of halogens is 1. The summed E-state index contributed by atoms with van der Waals surface area (Å²) in [6, 6.07) is 11.1. The summed E-state index contributed by atoms with van der Waals surface area (Å²) in [5.74, 6) is -0.0155. The van der Waals surface area contributed by atoms with Gasteiger partial charge in [0.1, 0.15) is 5.82 Å². The first-order valence-corrected chi connectivity index (χ1v) is 10.4. The van der Waals surface area contributed by atoms with Crippen LogP contribution in [0.25, 0.3) is 0 Å². The SMILES string of the molecule is O=C(NCc1ncccc1F)c1cnc(C2CN(CCC3=Nc4ccccc4C3)C2)o1. The van der Waals surface area contributed by atoms with Crippen molar-refractivity contribution in [2.45, 2.75) is 25.3 Å². The quantitative estimate of drug-likeness (QED) is 0.636. The number of likely N-dealkylation sites (tertiary alicyclic amines) is 1. The molecule has 2 aromatic heterocycles. The van der Waals surface area contributed by atoms with Crippen LogP contribution in [0.4, 0.5) is 10.1 Å². The second kappa shape index (κ2) is 8.39. The highest BCUT2D eigenvalue weighted by molar-refractivity contribution is 5.94. The lowest BCUT2D eigenvalue weighted by Gasteiger charge is -2.37. The Balaban J connectivity index is 1.08. The van der Waals surface area contributed by atoms with Gasteiger partial charge in [-0.15, -0.1) is 0 Å². The average Bonchev–Trinajstić information content (AvgIpc) is 3.39. The Morgan fingerprint density at radius 3 is 2.90 bits per heavy atom. The zero-order valence-electron chi connectivity index (χ0n) is 16.9. The summed E-state index contributed by atoms with van der Waals surface area (Å²) in [7, 11) is 0. The molecule has 31 heavy (non-hydrogen) atoms. The minimum Gasteiger partial charge on any atom is -0.435 e. The van der Waals surface area contributed by atoms with Crippen LogP contribution < -0.4 is 5.32 Å². The highest BCUT2D eigenvalue weighted by Crippen LogP contribution is 2.29. The molecule has 0 spiro atoms. The standard InChI is InChI=1S/C23H22FN5O2/c24-18-5-3-8-25-20(18)11-26-22(30)21-12-27-23(31-21)16-13-29(14-16)9-7-17-10-15-4-1-2-6-19(15)28-17/h1-6,8,12,16H,7,9-11,13-14H2,(H,26,30). The van der Waals surface area contributed by atoms with Crippen molar-refractivity contribution < 1.29 is 13.6 Å². The molecule has 4 heterocycles. The lowest BCUT2D eigenvalue weighted by atomic mass is 9.99. The Labute approximate surface area is 179 Å². The number of nitrogens with one attached hydrogen (secondary N) is 1. The molecule has 0 atom stereocenters. The summed E-state index contributed by atoms with van der Waals surface area (Å²) < 4.78 is 19.3. The summed E-state index contributed by atoms with van der Waals surface area (Å²) in [5, 5.41) is 2.61. The molecule has 1 amide bonds. The van der Waals surface area contributed by atoms with Gasteiger partial charge in [-0.05, 0) is 30.2 Å². The molecule has 8 heteroatoms. The number of nitrogens with zero attached hydrogens (tertiary/aromatic N) is 4. The van der Waals surface area contributed by atoms with Crippen LogP contribution in [0.5, 0.6) is 0 Å². The van der Waals surface area contributed by atoms with Crippen LogP contribution in [0.3, 0.4) is 0 Å². The fourth-order valence-electron chi connectivity index (χ4n) is 3.92. The van der Waals surface area contributed by atoms with Gasteiger partial charge in [0.05, 0.1) is 30.0 Å². The Bertz CT molecular complexity index is 1140. The third-order valence-electron chi connectivity index (χ3n) is 5.69. The van der Waals surface area contributed by atoms with Gasteiger partial charge in [0.2, 0.25) is 11.7 Å².